The molecule has 3 heterocycles. The van der Waals surface area contributed by atoms with Gasteiger partial charge in [-0.25, -0.2) is 4.98 Å². The van der Waals surface area contributed by atoms with Gasteiger partial charge in [0.1, 0.15) is 5.82 Å². The van der Waals surface area contributed by atoms with Gasteiger partial charge in [-0.2, -0.15) is 0 Å². The first kappa shape index (κ1) is 19.0. The first-order chi connectivity index (χ1) is 14.8. The Labute approximate surface area is 176 Å². The lowest BCUT2D eigenvalue weighted by Crippen LogP contribution is -2.36. The fourth-order valence-corrected chi connectivity index (χ4v) is 4.24. The normalized spacial score (nSPS) is 17.3. The van der Waals surface area contributed by atoms with Crippen molar-refractivity contribution < 1.29 is 9.53 Å². The summed E-state index contributed by atoms with van der Waals surface area (Å²) in [6.45, 7) is 4.83. The summed E-state index contributed by atoms with van der Waals surface area (Å²) in [5, 5.41) is 0. The molecule has 1 amide bonds. The van der Waals surface area contributed by atoms with Crippen LogP contribution in [-0.4, -0.2) is 60.2 Å². The van der Waals surface area contributed by atoms with Gasteiger partial charge in [0.2, 0.25) is 0 Å². The van der Waals surface area contributed by atoms with Crippen molar-refractivity contribution in [2.45, 2.75) is 19.3 Å². The maximum Gasteiger partial charge on any atom is 0.253 e. The molecule has 2 aliphatic heterocycles. The van der Waals surface area contributed by atoms with Crippen molar-refractivity contribution in [2.75, 3.05) is 44.3 Å². The maximum atomic E-state index is 12.9. The molecule has 2 aromatic carbocycles. The molecule has 0 bridgehead atoms. The van der Waals surface area contributed by atoms with Gasteiger partial charge < -0.3 is 14.5 Å². The molecule has 2 aliphatic rings. The second-order valence-corrected chi connectivity index (χ2v) is 7.96. The van der Waals surface area contributed by atoms with Crippen LogP contribution < -0.4 is 4.90 Å². The summed E-state index contributed by atoms with van der Waals surface area (Å²) in [7, 11) is 0. The van der Waals surface area contributed by atoms with Crippen LogP contribution in [0.5, 0.6) is 0 Å². The second kappa shape index (κ2) is 8.40. The number of carbonyl (C=O) groups excluding carboxylic acids is 1. The van der Waals surface area contributed by atoms with E-state index in [9.17, 15) is 4.79 Å². The highest BCUT2D eigenvalue weighted by molar-refractivity contribution is 5.96. The van der Waals surface area contributed by atoms with Crippen molar-refractivity contribution in [3.8, 4) is 11.1 Å². The number of ether oxygens (including phenoxy) is 1. The third-order valence-corrected chi connectivity index (χ3v) is 5.95. The number of rotatable bonds is 3. The fourth-order valence-electron chi connectivity index (χ4n) is 4.24. The van der Waals surface area contributed by atoms with Gasteiger partial charge in [-0.15, -0.1) is 0 Å². The lowest BCUT2D eigenvalue weighted by Gasteiger charge is -2.27. The molecule has 1 aromatic heterocycles. The van der Waals surface area contributed by atoms with Crippen LogP contribution in [0, 0.1) is 0 Å². The summed E-state index contributed by atoms with van der Waals surface area (Å²) < 4.78 is 5.44. The number of anilines is 1. The van der Waals surface area contributed by atoms with Crippen LogP contribution in [0.15, 0.2) is 48.7 Å². The fraction of sp³-hybridized carbons (Fsp3) is 0.375. The minimum Gasteiger partial charge on any atom is -0.378 e. The van der Waals surface area contributed by atoms with Gasteiger partial charge in [-0.05, 0) is 54.7 Å². The number of hydrogen-bond donors (Lipinski definition) is 0. The third-order valence-electron chi connectivity index (χ3n) is 5.95. The monoisotopic (exact) mass is 402 g/mol. The molecule has 2 saturated heterocycles. The summed E-state index contributed by atoms with van der Waals surface area (Å²) in [6, 6.07) is 14.0. The SMILES string of the molecule is O=C(c1cccc(-c2ccc3ncc(N4CCOCC4)nc3c2)c1)N1CCCCC1. The van der Waals surface area contributed by atoms with Gasteiger partial charge in [-0.1, -0.05) is 18.2 Å². The highest BCUT2D eigenvalue weighted by Gasteiger charge is 2.18. The van der Waals surface area contributed by atoms with Gasteiger partial charge in [0, 0.05) is 31.7 Å². The number of hydrogen-bond acceptors (Lipinski definition) is 5. The van der Waals surface area contributed by atoms with E-state index in [-0.39, 0.29) is 5.91 Å². The number of fused-ring (bicyclic) bond motifs is 1. The van der Waals surface area contributed by atoms with Gasteiger partial charge in [0.25, 0.3) is 5.91 Å². The molecule has 3 aromatic rings. The molecule has 5 rings (SSSR count). The Balaban J connectivity index is 1.44. The van der Waals surface area contributed by atoms with E-state index in [1.165, 1.54) is 6.42 Å². The average molecular weight is 402 g/mol. The number of aromatic nitrogens is 2. The Hall–Kier alpha value is -2.99. The van der Waals surface area contributed by atoms with Crippen molar-refractivity contribution in [1.82, 2.24) is 14.9 Å². The van der Waals surface area contributed by atoms with Gasteiger partial charge in [0.05, 0.1) is 30.4 Å². The van der Waals surface area contributed by atoms with Gasteiger partial charge in [0.15, 0.2) is 0 Å². The van der Waals surface area contributed by atoms with Gasteiger partial charge in [-0.3, -0.25) is 9.78 Å². The zero-order chi connectivity index (χ0) is 20.3. The zero-order valence-electron chi connectivity index (χ0n) is 17.1. The highest BCUT2D eigenvalue weighted by Crippen LogP contribution is 2.26. The Bertz CT molecular complexity index is 1060. The van der Waals surface area contributed by atoms with Gasteiger partial charge >= 0.3 is 0 Å². The molecule has 2 fully saturated rings. The smallest absolute Gasteiger partial charge is 0.253 e. The van der Waals surface area contributed by atoms with E-state index in [1.54, 1.807) is 0 Å². The predicted molar refractivity (Wildman–Crippen MR) is 118 cm³/mol. The number of carbonyl (C=O) groups is 1. The van der Waals surface area contributed by atoms with Crippen LogP contribution in [0.2, 0.25) is 0 Å². The molecule has 6 heteroatoms. The molecular weight excluding hydrogens is 376 g/mol. The van der Waals surface area contributed by atoms with Crippen molar-refractivity contribution in [3.63, 3.8) is 0 Å². The number of morpholine rings is 1. The summed E-state index contributed by atoms with van der Waals surface area (Å²) in [5.41, 5.74) is 4.56. The molecular formula is C24H26N4O2. The van der Waals surface area contributed by atoms with Crippen LogP contribution in [0.4, 0.5) is 5.82 Å². The number of nitrogens with zero attached hydrogens (tertiary/aromatic N) is 4. The van der Waals surface area contributed by atoms with E-state index in [0.717, 1.165) is 85.8 Å². The topological polar surface area (TPSA) is 58.6 Å². The van der Waals surface area contributed by atoms with Crippen molar-refractivity contribution in [2.24, 2.45) is 0 Å². The van der Waals surface area contributed by atoms with E-state index < -0.39 is 0 Å². The number of benzene rings is 2. The standard InChI is InChI=1S/C24H26N4O2/c29-24(28-9-2-1-3-10-28)20-6-4-5-18(15-20)19-7-8-21-22(16-19)26-23(17-25-21)27-11-13-30-14-12-27/h4-8,15-17H,1-3,9-14H2. The number of piperidine rings is 1. The Morgan fingerprint density at radius 2 is 1.67 bits per heavy atom. The van der Waals surface area contributed by atoms with E-state index in [2.05, 4.69) is 22.0 Å². The molecule has 0 atom stereocenters. The molecule has 0 saturated carbocycles. The summed E-state index contributed by atoms with van der Waals surface area (Å²) >= 11 is 0. The first-order valence-electron chi connectivity index (χ1n) is 10.8. The number of amides is 1. The lowest BCUT2D eigenvalue weighted by molar-refractivity contribution is 0.0724. The van der Waals surface area contributed by atoms with Crippen molar-refractivity contribution in [1.29, 1.82) is 0 Å². The zero-order valence-corrected chi connectivity index (χ0v) is 17.1. The predicted octanol–water partition coefficient (Wildman–Crippen LogP) is 3.76. The lowest BCUT2D eigenvalue weighted by atomic mass is 10.0. The Kier molecular flexibility index (Phi) is 5.32. The van der Waals surface area contributed by atoms with Crippen LogP contribution >= 0.6 is 0 Å². The van der Waals surface area contributed by atoms with Crippen molar-refractivity contribution in [3.05, 3.63) is 54.2 Å². The van der Waals surface area contributed by atoms with Crippen LogP contribution in [0.1, 0.15) is 29.6 Å². The molecule has 0 unspecified atom stereocenters. The van der Waals surface area contributed by atoms with Crippen LogP contribution in [0.25, 0.3) is 22.2 Å². The first-order valence-corrected chi connectivity index (χ1v) is 10.8. The molecule has 6 nitrogen and oxygen atoms in total. The quantitative estimate of drug-likeness (QED) is 0.668. The number of likely N-dealkylation sites (tertiary alicyclic amines) is 1. The van der Waals surface area contributed by atoms with E-state index in [0.29, 0.717) is 0 Å². The van der Waals surface area contributed by atoms with Crippen molar-refractivity contribution >= 4 is 22.8 Å². The molecule has 0 aliphatic carbocycles. The van der Waals surface area contributed by atoms with E-state index >= 15 is 0 Å². The minimum atomic E-state index is 0.131. The third kappa shape index (κ3) is 3.87. The maximum absolute atomic E-state index is 12.9. The summed E-state index contributed by atoms with van der Waals surface area (Å²) in [6.07, 6.45) is 5.25. The molecule has 154 valence electrons. The summed E-state index contributed by atoms with van der Waals surface area (Å²) in [4.78, 5) is 26.5. The highest BCUT2D eigenvalue weighted by atomic mass is 16.5. The average Bonchev–Trinajstić information content (AvgIpc) is 2.84. The summed E-state index contributed by atoms with van der Waals surface area (Å²) in [5.74, 6) is 1.02. The minimum absolute atomic E-state index is 0.131. The van der Waals surface area contributed by atoms with E-state index in [1.807, 2.05) is 41.4 Å². The van der Waals surface area contributed by atoms with E-state index in [4.69, 9.17) is 9.72 Å². The Morgan fingerprint density at radius 3 is 2.50 bits per heavy atom. The largest absolute Gasteiger partial charge is 0.378 e. The van der Waals surface area contributed by atoms with Crippen LogP contribution in [-0.2, 0) is 4.74 Å². The van der Waals surface area contributed by atoms with Crippen LogP contribution in [0.3, 0.4) is 0 Å². The molecule has 0 N–H and O–H groups in total. The molecule has 30 heavy (non-hydrogen) atoms. The molecule has 0 radical (unpaired) electrons. The second-order valence-electron chi connectivity index (χ2n) is 7.96. The molecule has 0 spiro atoms. The Morgan fingerprint density at radius 1 is 0.867 bits per heavy atom.